The molecule has 1 unspecified atom stereocenters. The Morgan fingerprint density at radius 3 is 2.35 bits per heavy atom. The van der Waals surface area contributed by atoms with Gasteiger partial charge in [0.2, 0.25) is 0 Å². The van der Waals surface area contributed by atoms with Crippen molar-refractivity contribution in [1.29, 1.82) is 0 Å². The second-order valence-corrected chi connectivity index (χ2v) is 7.54. The minimum Gasteiger partial charge on any atom is -0.327 e. The molecule has 1 aromatic rings. The Morgan fingerprint density at radius 1 is 1.15 bits per heavy atom. The van der Waals surface area contributed by atoms with Crippen molar-refractivity contribution in [2.75, 3.05) is 0 Å². The molecule has 1 aromatic carbocycles. The average molecular weight is 314 g/mol. The Labute approximate surface area is 132 Å². The molecular weight excluding hydrogens is 289 g/mol. The highest BCUT2D eigenvalue weighted by Crippen LogP contribution is 2.46. The molecule has 0 spiro atoms. The highest BCUT2D eigenvalue weighted by Gasteiger charge is 2.39. The summed E-state index contributed by atoms with van der Waals surface area (Å²) >= 11 is 12.1. The molecule has 3 heteroatoms. The molecule has 1 atom stereocenters. The van der Waals surface area contributed by atoms with Crippen molar-refractivity contribution in [1.82, 2.24) is 0 Å². The van der Waals surface area contributed by atoms with Gasteiger partial charge in [0.15, 0.2) is 0 Å². The number of nitrogens with two attached hydrogens (primary N) is 1. The Hall–Kier alpha value is -0.240. The zero-order valence-electron chi connectivity index (χ0n) is 12.5. The largest absolute Gasteiger partial charge is 0.327 e. The SMILES string of the molecule is CC(C)CC1(C(N)Cc2ccc(Cl)c(Cl)c2)CCCC1. The van der Waals surface area contributed by atoms with Crippen molar-refractivity contribution in [3.8, 4) is 0 Å². The third-order valence-electron chi connectivity index (χ3n) is 4.64. The van der Waals surface area contributed by atoms with Gasteiger partial charge in [0.25, 0.3) is 0 Å². The van der Waals surface area contributed by atoms with Gasteiger partial charge in [0.05, 0.1) is 10.0 Å². The van der Waals surface area contributed by atoms with E-state index in [1.165, 1.54) is 37.7 Å². The quantitative estimate of drug-likeness (QED) is 0.766. The number of hydrogen-bond acceptors (Lipinski definition) is 1. The van der Waals surface area contributed by atoms with Crippen LogP contribution >= 0.6 is 23.2 Å². The third-order valence-corrected chi connectivity index (χ3v) is 5.38. The van der Waals surface area contributed by atoms with Crippen molar-refractivity contribution in [2.45, 2.75) is 58.4 Å². The molecule has 0 aromatic heterocycles. The average Bonchev–Trinajstić information content (AvgIpc) is 2.83. The monoisotopic (exact) mass is 313 g/mol. The lowest BCUT2D eigenvalue weighted by molar-refractivity contribution is 0.181. The van der Waals surface area contributed by atoms with Gasteiger partial charge in [-0.05, 0) is 54.7 Å². The topological polar surface area (TPSA) is 26.0 Å². The summed E-state index contributed by atoms with van der Waals surface area (Å²) in [6, 6.07) is 6.09. The van der Waals surface area contributed by atoms with Crippen molar-refractivity contribution >= 4 is 23.2 Å². The summed E-state index contributed by atoms with van der Waals surface area (Å²) in [5.41, 5.74) is 8.12. The van der Waals surface area contributed by atoms with E-state index in [1.54, 1.807) is 0 Å². The van der Waals surface area contributed by atoms with Crippen molar-refractivity contribution < 1.29 is 0 Å². The second kappa shape index (κ2) is 6.68. The van der Waals surface area contributed by atoms with E-state index in [1.807, 2.05) is 18.2 Å². The minimum absolute atomic E-state index is 0.213. The maximum absolute atomic E-state index is 6.61. The molecule has 2 N–H and O–H groups in total. The first-order valence-corrected chi connectivity index (χ1v) is 8.38. The van der Waals surface area contributed by atoms with Crippen LogP contribution < -0.4 is 5.73 Å². The molecule has 0 bridgehead atoms. The van der Waals surface area contributed by atoms with Crippen molar-refractivity contribution in [3.63, 3.8) is 0 Å². The van der Waals surface area contributed by atoms with Crippen LogP contribution in [0.5, 0.6) is 0 Å². The van der Waals surface area contributed by atoms with Gasteiger partial charge in [-0.15, -0.1) is 0 Å². The maximum atomic E-state index is 6.61. The lowest BCUT2D eigenvalue weighted by Gasteiger charge is -2.37. The van der Waals surface area contributed by atoms with E-state index in [0.717, 1.165) is 6.42 Å². The standard InChI is InChI=1S/C17H25Cl2N/c1-12(2)11-17(7-3-4-8-17)16(20)10-13-5-6-14(18)15(19)9-13/h5-6,9,12,16H,3-4,7-8,10-11,20H2,1-2H3. The van der Waals surface area contributed by atoms with Crippen molar-refractivity contribution in [3.05, 3.63) is 33.8 Å². The van der Waals surface area contributed by atoms with Crippen LogP contribution in [-0.4, -0.2) is 6.04 Å². The van der Waals surface area contributed by atoms with Crippen LogP contribution in [0.3, 0.4) is 0 Å². The van der Waals surface area contributed by atoms with Crippen LogP contribution in [0.15, 0.2) is 18.2 Å². The molecular formula is C17H25Cl2N. The minimum atomic E-state index is 0.213. The zero-order valence-corrected chi connectivity index (χ0v) is 14.0. The van der Waals surface area contributed by atoms with Crippen LogP contribution in [0.2, 0.25) is 10.0 Å². The normalized spacial score (nSPS) is 19.5. The van der Waals surface area contributed by atoms with Gasteiger partial charge >= 0.3 is 0 Å². The molecule has 1 saturated carbocycles. The van der Waals surface area contributed by atoms with E-state index in [-0.39, 0.29) is 6.04 Å². The number of halogens is 2. The molecule has 1 nitrogen and oxygen atoms in total. The Bertz CT molecular complexity index is 450. The van der Waals surface area contributed by atoms with Gasteiger partial charge in [0, 0.05) is 6.04 Å². The van der Waals surface area contributed by atoms with E-state index in [2.05, 4.69) is 13.8 Å². The molecule has 0 saturated heterocycles. The van der Waals surface area contributed by atoms with Crippen LogP contribution in [0.25, 0.3) is 0 Å². The predicted molar refractivity (Wildman–Crippen MR) is 88.5 cm³/mol. The maximum Gasteiger partial charge on any atom is 0.0595 e. The molecule has 20 heavy (non-hydrogen) atoms. The van der Waals surface area contributed by atoms with Crippen LogP contribution in [0.1, 0.15) is 51.5 Å². The van der Waals surface area contributed by atoms with Gasteiger partial charge in [0.1, 0.15) is 0 Å². The molecule has 1 aliphatic rings. The van der Waals surface area contributed by atoms with E-state index in [0.29, 0.717) is 21.4 Å². The first kappa shape index (κ1) is 16.1. The smallest absolute Gasteiger partial charge is 0.0595 e. The van der Waals surface area contributed by atoms with Crippen LogP contribution in [-0.2, 0) is 6.42 Å². The highest BCUT2D eigenvalue weighted by molar-refractivity contribution is 6.42. The summed E-state index contributed by atoms with van der Waals surface area (Å²) in [5.74, 6) is 0.702. The molecule has 0 aliphatic heterocycles. The first-order valence-electron chi connectivity index (χ1n) is 7.62. The predicted octanol–water partition coefficient (Wildman–Crippen LogP) is 5.47. The summed E-state index contributed by atoms with van der Waals surface area (Å²) in [7, 11) is 0. The molecule has 1 aliphatic carbocycles. The molecule has 1 fully saturated rings. The van der Waals surface area contributed by atoms with E-state index >= 15 is 0 Å². The third kappa shape index (κ3) is 3.69. The summed E-state index contributed by atoms with van der Waals surface area (Å²) in [6.07, 6.45) is 7.31. The van der Waals surface area contributed by atoms with Gasteiger partial charge in [-0.2, -0.15) is 0 Å². The zero-order chi connectivity index (χ0) is 14.8. The number of rotatable bonds is 5. The van der Waals surface area contributed by atoms with Crippen LogP contribution in [0, 0.1) is 11.3 Å². The summed E-state index contributed by atoms with van der Waals surface area (Å²) in [6.45, 7) is 4.60. The molecule has 0 radical (unpaired) electrons. The van der Waals surface area contributed by atoms with Crippen LogP contribution in [0.4, 0.5) is 0 Å². The fourth-order valence-corrected chi connectivity index (χ4v) is 4.08. The van der Waals surface area contributed by atoms with E-state index in [9.17, 15) is 0 Å². The van der Waals surface area contributed by atoms with Gasteiger partial charge in [-0.3, -0.25) is 0 Å². The lowest BCUT2D eigenvalue weighted by atomic mass is 9.71. The Morgan fingerprint density at radius 2 is 1.80 bits per heavy atom. The second-order valence-electron chi connectivity index (χ2n) is 6.73. The Balaban J connectivity index is 2.12. The molecule has 2 rings (SSSR count). The van der Waals surface area contributed by atoms with E-state index in [4.69, 9.17) is 28.9 Å². The summed E-state index contributed by atoms with van der Waals surface area (Å²) < 4.78 is 0. The first-order chi connectivity index (χ1) is 9.43. The van der Waals surface area contributed by atoms with E-state index < -0.39 is 0 Å². The lowest BCUT2D eigenvalue weighted by Crippen LogP contribution is -2.42. The van der Waals surface area contributed by atoms with Gasteiger partial charge in [-0.25, -0.2) is 0 Å². The number of benzene rings is 1. The fourth-order valence-electron chi connectivity index (χ4n) is 3.76. The van der Waals surface area contributed by atoms with Gasteiger partial charge in [-0.1, -0.05) is 56.0 Å². The highest BCUT2D eigenvalue weighted by atomic mass is 35.5. The fraction of sp³-hybridized carbons (Fsp3) is 0.647. The summed E-state index contributed by atoms with van der Waals surface area (Å²) in [4.78, 5) is 0. The molecule has 0 heterocycles. The molecule has 0 amide bonds. The van der Waals surface area contributed by atoms with Crippen molar-refractivity contribution in [2.24, 2.45) is 17.1 Å². The molecule has 112 valence electrons. The Kier molecular flexibility index (Phi) is 5.39. The number of hydrogen-bond donors (Lipinski definition) is 1. The summed E-state index contributed by atoms with van der Waals surface area (Å²) in [5, 5.41) is 1.24. The van der Waals surface area contributed by atoms with Gasteiger partial charge < -0.3 is 5.73 Å².